The van der Waals surface area contributed by atoms with Gasteiger partial charge in [-0.3, -0.25) is 9.89 Å². The lowest BCUT2D eigenvalue weighted by molar-refractivity contribution is 0.122. The summed E-state index contributed by atoms with van der Waals surface area (Å²) in [7, 11) is 2.19. The number of rotatable bonds is 3. The quantitative estimate of drug-likeness (QED) is 0.434. The number of halogens is 1. The molecule has 21 heavy (non-hydrogen) atoms. The predicted molar refractivity (Wildman–Crippen MR) is 100 cm³/mol. The first kappa shape index (κ1) is 19.0. The maximum atomic E-state index is 6.16. The van der Waals surface area contributed by atoms with Gasteiger partial charge in [0.15, 0.2) is 5.96 Å². The molecule has 0 saturated carbocycles. The van der Waals surface area contributed by atoms with Crippen molar-refractivity contribution in [3.63, 3.8) is 0 Å². The fraction of sp³-hybridized carbons (Fsp3) is 0.933. The Kier molecular flexibility index (Phi) is 8.26. The maximum absolute atomic E-state index is 6.16. The minimum atomic E-state index is 0. The van der Waals surface area contributed by atoms with Crippen molar-refractivity contribution in [1.82, 2.24) is 14.7 Å². The van der Waals surface area contributed by atoms with Crippen molar-refractivity contribution in [3.8, 4) is 0 Å². The molecule has 5 nitrogen and oxygen atoms in total. The molecule has 2 fully saturated rings. The largest absolute Gasteiger partial charge is 0.370 e. The van der Waals surface area contributed by atoms with Crippen molar-refractivity contribution < 1.29 is 0 Å². The van der Waals surface area contributed by atoms with Crippen LogP contribution in [0.3, 0.4) is 0 Å². The van der Waals surface area contributed by atoms with Crippen LogP contribution in [0.5, 0.6) is 0 Å². The van der Waals surface area contributed by atoms with Crippen molar-refractivity contribution in [2.75, 3.05) is 52.9 Å². The number of likely N-dealkylation sites (tertiary alicyclic amines) is 1. The van der Waals surface area contributed by atoms with Crippen LogP contribution >= 0.6 is 24.0 Å². The molecule has 0 spiro atoms. The van der Waals surface area contributed by atoms with Gasteiger partial charge in [0.1, 0.15) is 0 Å². The molecule has 124 valence electrons. The van der Waals surface area contributed by atoms with Gasteiger partial charge < -0.3 is 15.5 Å². The van der Waals surface area contributed by atoms with Gasteiger partial charge in [-0.05, 0) is 32.7 Å². The third-order valence-corrected chi connectivity index (χ3v) is 4.66. The molecule has 0 aromatic heterocycles. The number of nitrogens with zero attached hydrogens (tertiary/aromatic N) is 4. The van der Waals surface area contributed by atoms with Gasteiger partial charge in [-0.15, -0.1) is 24.0 Å². The molecule has 0 bridgehead atoms. The Labute approximate surface area is 146 Å². The van der Waals surface area contributed by atoms with E-state index in [2.05, 4.69) is 40.6 Å². The van der Waals surface area contributed by atoms with E-state index in [1.807, 2.05) is 0 Å². The van der Waals surface area contributed by atoms with Crippen LogP contribution in [0.1, 0.15) is 26.7 Å². The van der Waals surface area contributed by atoms with Gasteiger partial charge in [0, 0.05) is 45.3 Å². The zero-order valence-electron chi connectivity index (χ0n) is 13.8. The maximum Gasteiger partial charge on any atom is 0.191 e. The summed E-state index contributed by atoms with van der Waals surface area (Å²) in [6.07, 6.45) is 2.56. The van der Waals surface area contributed by atoms with Crippen LogP contribution in [-0.2, 0) is 0 Å². The van der Waals surface area contributed by atoms with E-state index < -0.39 is 0 Å². The highest BCUT2D eigenvalue weighted by Crippen LogP contribution is 2.15. The van der Waals surface area contributed by atoms with Gasteiger partial charge in [0.05, 0.1) is 6.54 Å². The van der Waals surface area contributed by atoms with E-state index in [0.29, 0.717) is 6.04 Å². The van der Waals surface area contributed by atoms with Crippen LogP contribution in [0, 0.1) is 5.92 Å². The van der Waals surface area contributed by atoms with E-state index in [4.69, 9.17) is 5.73 Å². The summed E-state index contributed by atoms with van der Waals surface area (Å²) in [4.78, 5) is 11.8. The minimum Gasteiger partial charge on any atom is -0.370 e. The van der Waals surface area contributed by atoms with E-state index in [1.165, 1.54) is 12.8 Å². The molecule has 0 aliphatic carbocycles. The number of piperidine rings is 1. The van der Waals surface area contributed by atoms with Crippen LogP contribution < -0.4 is 5.73 Å². The van der Waals surface area contributed by atoms with Crippen LogP contribution in [0.4, 0.5) is 0 Å². The molecule has 2 rings (SSSR count). The molecule has 2 saturated heterocycles. The molecule has 0 radical (unpaired) electrons. The zero-order valence-corrected chi connectivity index (χ0v) is 16.1. The van der Waals surface area contributed by atoms with Crippen molar-refractivity contribution >= 4 is 29.9 Å². The predicted octanol–water partition coefficient (Wildman–Crippen LogP) is 1.29. The Hall–Kier alpha value is -0.0800. The van der Waals surface area contributed by atoms with E-state index in [0.717, 1.165) is 57.7 Å². The van der Waals surface area contributed by atoms with Gasteiger partial charge in [-0.25, -0.2) is 0 Å². The molecule has 2 aliphatic rings. The van der Waals surface area contributed by atoms with Gasteiger partial charge in [0.25, 0.3) is 0 Å². The summed E-state index contributed by atoms with van der Waals surface area (Å²) in [5.41, 5.74) is 6.16. The summed E-state index contributed by atoms with van der Waals surface area (Å²) in [5, 5.41) is 0. The van der Waals surface area contributed by atoms with Crippen LogP contribution in [0.25, 0.3) is 0 Å². The van der Waals surface area contributed by atoms with Crippen LogP contribution in [0.15, 0.2) is 4.99 Å². The lowest BCUT2D eigenvalue weighted by atomic mass is 10.0. The molecule has 0 aromatic carbocycles. The second-order valence-electron chi connectivity index (χ2n) is 6.58. The first-order valence-corrected chi connectivity index (χ1v) is 8.03. The van der Waals surface area contributed by atoms with Crippen molar-refractivity contribution in [3.05, 3.63) is 0 Å². The van der Waals surface area contributed by atoms with Crippen LogP contribution in [0.2, 0.25) is 0 Å². The molecule has 2 N–H and O–H groups in total. The van der Waals surface area contributed by atoms with Gasteiger partial charge in [0.2, 0.25) is 0 Å². The number of nitrogens with two attached hydrogens (primary N) is 1. The molecule has 2 atom stereocenters. The zero-order chi connectivity index (χ0) is 14.5. The average molecular weight is 409 g/mol. The van der Waals surface area contributed by atoms with Crippen molar-refractivity contribution in [1.29, 1.82) is 0 Å². The van der Waals surface area contributed by atoms with Gasteiger partial charge in [-0.1, -0.05) is 6.92 Å². The highest BCUT2D eigenvalue weighted by Gasteiger charge is 2.20. The van der Waals surface area contributed by atoms with Gasteiger partial charge >= 0.3 is 0 Å². The molecule has 2 heterocycles. The fourth-order valence-electron chi connectivity index (χ4n) is 3.10. The second kappa shape index (κ2) is 9.15. The number of aliphatic imine (C=N–C) groups is 1. The topological polar surface area (TPSA) is 48.1 Å². The number of hydrogen-bond acceptors (Lipinski definition) is 3. The smallest absolute Gasteiger partial charge is 0.191 e. The first-order chi connectivity index (χ1) is 9.56. The monoisotopic (exact) mass is 409 g/mol. The number of guanidine groups is 1. The SMILES string of the molecule is CC1CCCN(C(N)=NCC(C)N2CCN(C)CC2)C1.I. The normalized spacial score (nSPS) is 27.3. The Morgan fingerprint density at radius 3 is 2.52 bits per heavy atom. The van der Waals surface area contributed by atoms with Crippen molar-refractivity contribution in [2.45, 2.75) is 32.7 Å². The Balaban J connectivity index is 0.00000220. The number of hydrogen-bond donors (Lipinski definition) is 1. The van der Waals surface area contributed by atoms with E-state index in [9.17, 15) is 0 Å². The Morgan fingerprint density at radius 2 is 1.90 bits per heavy atom. The van der Waals surface area contributed by atoms with Crippen LogP contribution in [-0.4, -0.2) is 79.6 Å². The van der Waals surface area contributed by atoms with E-state index in [-0.39, 0.29) is 24.0 Å². The Morgan fingerprint density at radius 1 is 1.24 bits per heavy atom. The Bertz CT molecular complexity index is 328. The lowest BCUT2D eigenvalue weighted by Gasteiger charge is -2.36. The van der Waals surface area contributed by atoms with E-state index in [1.54, 1.807) is 0 Å². The standard InChI is InChI=1S/C15H31N5.HI/c1-13-5-4-6-20(12-13)15(16)17-11-14(2)19-9-7-18(3)8-10-19;/h13-14H,4-12H2,1-3H3,(H2,16,17);1H. The summed E-state index contributed by atoms with van der Waals surface area (Å²) < 4.78 is 0. The second-order valence-corrected chi connectivity index (χ2v) is 6.58. The molecular formula is C15H32IN5. The average Bonchev–Trinajstić information content (AvgIpc) is 2.45. The highest BCUT2D eigenvalue weighted by molar-refractivity contribution is 14.0. The van der Waals surface area contributed by atoms with Crippen molar-refractivity contribution in [2.24, 2.45) is 16.6 Å². The lowest BCUT2D eigenvalue weighted by Crippen LogP contribution is -2.49. The van der Waals surface area contributed by atoms with Gasteiger partial charge in [-0.2, -0.15) is 0 Å². The summed E-state index contributed by atoms with van der Waals surface area (Å²) >= 11 is 0. The van der Waals surface area contributed by atoms with E-state index >= 15 is 0 Å². The number of piperazine rings is 1. The molecule has 2 aliphatic heterocycles. The molecular weight excluding hydrogens is 377 g/mol. The summed E-state index contributed by atoms with van der Waals surface area (Å²) in [6, 6.07) is 0.490. The third-order valence-electron chi connectivity index (χ3n) is 4.66. The fourth-order valence-corrected chi connectivity index (χ4v) is 3.10. The molecule has 6 heteroatoms. The molecule has 0 amide bonds. The summed E-state index contributed by atoms with van der Waals surface area (Å²) in [5.74, 6) is 1.49. The summed E-state index contributed by atoms with van der Waals surface area (Å²) in [6.45, 7) is 12.1. The molecule has 2 unspecified atom stereocenters. The highest BCUT2D eigenvalue weighted by atomic mass is 127. The first-order valence-electron chi connectivity index (χ1n) is 8.03. The minimum absolute atomic E-state index is 0. The third kappa shape index (κ3) is 5.90. The molecule has 0 aromatic rings. The number of likely N-dealkylation sites (N-methyl/N-ethyl adjacent to an activating group) is 1.